The maximum absolute atomic E-state index is 8.92. The molecule has 0 bridgehead atoms. The highest BCUT2D eigenvalue weighted by Crippen LogP contribution is 2.22. The number of nitrogens with one attached hydrogen (secondary N) is 1. The van der Waals surface area contributed by atoms with Crippen LogP contribution < -0.4 is 5.32 Å². The van der Waals surface area contributed by atoms with Gasteiger partial charge in [-0.05, 0) is 42.7 Å². The van der Waals surface area contributed by atoms with Crippen LogP contribution in [0.1, 0.15) is 24.7 Å². The summed E-state index contributed by atoms with van der Waals surface area (Å²) in [5, 5.41) is 12.8. The van der Waals surface area contributed by atoms with Crippen molar-refractivity contribution in [3.05, 3.63) is 64.9 Å². The maximum Gasteiger partial charge on any atom is 0.231 e. The predicted octanol–water partition coefficient (Wildman–Crippen LogP) is 4.42. The molecule has 1 aromatic heterocycles. The minimum atomic E-state index is 0.205. The Bertz CT molecular complexity index is 868. The van der Waals surface area contributed by atoms with Crippen LogP contribution in [0.3, 0.4) is 0 Å². The van der Waals surface area contributed by atoms with E-state index in [0.29, 0.717) is 23.2 Å². The number of aliphatic hydroxyl groups is 1. The van der Waals surface area contributed by atoms with Gasteiger partial charge in [0.1, 0.15) is 5.82 Å². The van der Waals surface area contributed by atoms with Gasteiger partial charge in [-0.1, -0.05) is 42.8 Å². The van der Waals surface area contributed by atoms with E-state index in [0.717, 1.165) is 29.9 Å². The second-order valence-corrected chi connectivity index (χ2v) is 6.35. The second kappa shape index (κ2) is 8.74. The van der Waals surface area contributed by atoms with Crippen molar-refractivity contribution in [2.24, 2.45) is 0 Å². The lowest BCUT2D eigenvalue weighted by Crippen LogP contribution is -2.05. The first-order chi connectivity index (χ1) is 12.7. The monoisotopic (exact) mass is 368 g/mol. The summed E-state index contributed by atoms with van der Waals surface area (Å²) < 4.78 is 0. The molecule has 0 aliphatic carbocycles. The first-order valence-corrected chi connectivity index (χ1v) is 9.03. The van der Waals surface area contributed by atoms with Crippen LogP contribution in [0, 0.1) is 0 Å². The first kappa shape index (κ1) is 18.3. The van der Waals surface area contributed by atoms with Gasteiger partial charge in [-0.2, -0.15) is 9.97 Å². The smallest absolute Gasteiger partial charge is 0.231 e. The van der Waals surface area contributed by atoms with Gasteiger partial charge in [-0.15, -0.1) is 0 Å². The standard InChI is InChI=1S/C20H21ClN4O/c1-2-18-23-19(15-6-3-7-16(21)13-15)25-20(24-18)22-17-10-8-14(9-11-17)5-4-12-26/h3,6-11,13,26H,2,4-5,12H2,1H3,(H,22,23,24,25). The van der Waals surface area contributed by atoms with Gasteiger partial charge in [0.05, 0.1) is 0 Å². The van der Waals surface area contributed by atoms with Crippen molar-refractivity contribution in [3.8, 4) is 11.4 Å². The van der Waals surface area contributed by atoms with Crippen LogP contribution in [0.15, 0.2) is 48.5 Å². The molecule has 6 heteroatoms. The SMILES string of the molecule is CCc1nc(Nc2ccc(CCCO)cc2)nc(-c2cccc(Cl)c2)n1. The number of aryl methyl sites for hydroxylation is 2. The van der Waals surface area contributed by atoms with Gasteiger partial charge in [0.2, 0.25) is 5.95 Å². The second-order valence-electron chi connectivity index (χ2n) is 5.91. The van der Waals surface area contributed by atoms with Gasteiger partial charge in [0.25, 0.3) is 0 Å². The highest BCUT2D eigenvalue weighted by Gasteiger charge is 2.09. The fraction of sp³-hybridized carbons (Fsp3) is 0.250. The normalized spacial score (nSPS) is 10.7. The molecule has 0 aliphatic rings. The van der Waals surface area contributed by atoms with Crippen LogP contribution in [0.25, 0.3) is 11.4 Å². The van der Waals surface area contributed by atoms with Crippen LogP contribution in [0.5, 0.6) is 0 Å². The molecule has 0 atom stereocenters. The van der Waals surface area contributed by atoms with Crippen molar-refractivity contribution >= 4 is 23.2 Å². The highest BCUT2D eigenvalue weighted by molar-refractivity contribution is 6.30. The maximum atomic E-state index is 8.92. The quantitative estimate of drug-likeness (QED) is 0.645. The van der Waals surface area contributed by atoms with Crippen LogP contribution in [-0.4, -0.2) is 26.7 Å². The summed E-state index contributed by atoms with van der Waals surface area (Å²) in [5.74, 6) is 1.83. The molecule has 0 radical (unpaired) electrons. The van der Waals surface area contributed by atoms with E-state index in [1.54, 1.807) is 0 Å². The van der Waals surface area contributed by atoms with Crippen molar-refractivity contribution < 1.29 is 5.11 Å². The zero-order valence-electron chi connectivity index (χ0n) is 14.6. The molecular weight excluding hydrogens is 348 g/mol. The molecule has 3 aromatic rings. The Balaban J connectivity index is 1.84. The van der Waals surface area contributed by atoms with Crippen molar-refractivity contribution in [1.82, 2.24) is 15.0 Å². The molecule has 1 heterocycles. The van der Waals surface area contributed by atoms with Gasteiger partial charge in [-0.25, -0.2) is 4.98 Å². The minimum absolute atomic E-state index is 0.205. The molecule has 0 saturated heterocycles. The Morgan fingerprint density at radius 3 is 2.54 bits per heavy atom. The molecule has 0 fully saturated rings. The van der Waals surface area contributed by atoms with Crippen LogP contribution in [-0.2, 0) is 12.8 Å². The molecular formula is C20H21ClN4O. The minimum Gasteiger partial charge on any atom is -0.396 e. The van der Waals surface area contributed by atoms with E-state index in [2.05, 4.69) is 20.3 Å². The average molecular weight is 369 g/mol. The number of aromatic nitrogens is 3. The van der Waals surface area contributed by atoms with Crippen LogP contribution >= 0.6 is 11.6 Å². The number of aliphatic hydroxyl groups excluding tert-OH is 1. The molecule has 0 amide bonds. The number of hydrogen-bond acceptors (Lipinski definition) is 5. The first-order valence-electron chi connectivity index (χ1n) is 8.65. The summed E-state index contributed by atoms with van der Waals surface area (Å²) in [6, 6.07) is 15.5. The molecule has 5 nitrogen and oxygen atoms in total. The van der Waals surface area contributed by atoms with Gasteiger partial charge in [-0.3, -0.25) is 0 Å². The molecule has 26 heavy (non-hydrogen) atoms. The summed E-state index contributed by atoms with van der Waals surface area (Å²) in [7, 11) is 0. The highest BCUT2D eigenvalue weighted by atomic mass is 35.5. The van der Waals surface area contributed by atoms with Crippen molar-refractivity contribution in [2.75, 3.05) is 11.9 Å². The molecule has 3 rings (SSSR count). The molecule has 134 valence electrons. The molecule has 0 saturated carbocycles. The third-order valence-corrected chi connectivity index (χ3v) is 4.15. The number of halogens is 1. The zero-order valence-corrected chi connectivity index (χ0v) is 15.4. The van der Waals surface area contributed by atoms with Gasteiger partial charge in [0, 0.05) is 29.3 Å². The van der Waals surface area contributed by atoms with Crippen molar-refractivity contribution in [2.45, 2.75) is 26.2 Å². The van der Waals surface area contributed by atoms with E-state index in [1.807, 2.05) is 55.5 Å². The average Bonchev–Trinajstić information content (AvgIpc) is 2.67. The number of nitrogens with zero attached hydrogens (tertiary/aromatic N) is 3. The Morgan fingerprint density at radius 1 is 1.04 bits per heavy atom. The molecule has 0 aliphatic heterocycles. The van der Waals surface area contributed by atoms with Gasteiger partial charge >= 0.3 is 0 Å². The fourth-order valence-corrected chi connectivity index (χ4v) is 2.75. The molecule has 0 spiro atoms. The zero-order chi connectivity index (χ0) is 18.4. The van der Waals surface area contributed by atoms with Gasteiger partial charge in [0.15, 0.2) is 5.82 Å². The Morgan fingerprint density at radius 2 is 1.85 bits per heavy atom. The van der Waals surface area contributed by atoms with E-state index in [-0.39, 0.29) is 6.61 Å². The topological polar surface area (TPSA) is 70.9 Å². The van der Waals surface area contributed by atoms with E-state index >= 15 is 0 Å². The summed E-state index contributed by atoms with van der Waals surface area (Å²) in [4.78, 5) is 13.5. The molecule has 2 N–H and O–H groups in total. The third-order valence-electron chi connectivity index (χ3n) is 3.91. The van der Waals surface area contributed by atoms with E-state index in [1.165, 1.54) is 5.56 Å². The predicted molar refractivity (Wildman–Crippen MR) is 105 cm³/mol. The molecule has 2 aromatic carbocycles. The summed E-state index contributed by atoms with van der Waals surface area (Å²) in [6.07, 6.45) is 2.34. The Hall–Kier alpha value is -2.50. The summed E-state index contributed by atoms with van der Waals surface area (Å²) in [6.45, 7) is 2.22. The Kier molecular flexibility index (Phi) is 6.15. The lowest BCUT2D eigenvalue weighted by Gasteiger charge is -2.09. The van der Waals surface area contributed by atoms with E-state index in [9.17, 15) is 0 Å². The number of rotatable bonds is 7. The van der Waals surface area contributed by atoms with Crippen molar-refractivity contribution in [3.63, 3.8) is 0 Å². The lowest BCUT2D eigenvalue weighted by molar-refractivity contribution is 0.288. The van der Waals surface area contributed by atoms with Crippen molar-refractivity contribution in [1.29, 1.82) is 0 Å². The fourth-order valence-electron chi connectivity index (χ4n) is 2.56. The van der Waals surface area contributed by atoms with Crippen LogP contribution in [0.4, 0.5) is 11.6 Å². The number of anilines is 2. The van der Waals surface area contributed by atoms with Gasteiger partial charge < -0.3 is 10.4 Å². The molecule has 0 unspecified atom stereocenters. The largest absolute Gasteiger partial charge is 0.396 e. The van der Waals surface area contributed by atoms with Crippen LogP contribution in [0.2, 0.25) is 5.02 Å². The summed E-state index contributed by atoms with van der Waals surface area (Å²) >= 11 is 6.09. The lowest BCUT2D eigenvalue weighted by atomic mass is 10.1. The van der Waals surface area contributed by atoms with E-state index < -0.39 is 0 Å². The van der Waals surface area contributed by atoms with E-state index in [4.69, 9.17) is 16.7 Å². The number of benzene rings is 2. The third kappa shape index (κ3) is 4.77. The summed E-state index contributed by atoms with van der Waals surface area (Å²) in [5.41, 5.74) is 2.95. The number of hydrogen-bond donors (Lipinski definition) is 2. The Labute approximate surface area is 158 Å².